The smallest absolute Gasteiger partial charge is 0.0846 e. The second kappa shape index (κ2) is 3.09. The number of hydrogen-bond donors (Lipinski definition) is 0. The molecule has 0 radical (unpaired) electrons. The molecule has 0 aromatic heterocycles. The van der Waals surface area contributed by atoms with Gasteiger partial charge >= 0.3 is 0 Å². The Hall–Kier alpha value is -0.510. The van der Waals surface area contributed by atoms with Gasteiger partial charge in [-0.2, -0.15) is 0 Å². The molecule has 1 unspecified atom stereocenters. The molecular weight excluding hydrogens is 261 g/mol. The van der Waals surface area contributed by atoms with Crippen LogP contribution in [-0.2, 0) is 0 Å². The summed E-state index contributed by atoms with van der Waals surface area (Å²) in [6, 6.07) is 0.459. The fourth-order valence-corrected chi connectivity index (χ4v) is 2.51. The Bertz CT molecular complexity index is 310. The standard InChI is InChI=1S/C10H10IN/c1-8-4-2-5-9-6-3-7-12(11)10(8)9/h2-7,10H,1H3. The van der Waals surface area contributed by atoms with Crippen LogP contribution < -0.4 is 0 Å². The van der Waals surface area contributed by atoms with Crippen molar-refractivity contribution in [3.8, 4) is 0 Å². The minimum atomic E-state index is 0.459. The van der Waals surface area contributed by atoms with E-state index in [1.165, 1.54) is 11.1 Å². The van der Waals surface area contributed by atoms with E-state index in [-0.39, 0.29) is 0 Å². The number of nitrogens with zero attached hydrogens (tertiary/aromatic N) is 1. The van der Waals surface area contributed by atoms with Crippen molar-refractivity contribution in [3.63, 3.8) is 0 Å². The topological polar surface area (TPSA) is 3.24 Å². The van der Waals surface area contributed by atoms with Crippen LogP contribution in [0.4, 0.5) is 0 Å². The van der Waals surface area contributed by atoms with Gasteiger partial charge in [0.1, 0.15) is 0 Å². The lowest BCUT2D eigenvalue weighted by Crippen LogP contribution is -2.28. The highest BCUT2D eigenvalue weighted by molar-refractivity contribution is 14.1. The van der Waals surface area contributed by atoms with Crippen molar-refractivity contribution in [3.05, 3.63) is 47.7 Å². The van der Waals surface area contributed by atoms with Crippen LogP contribution >= 0.6 is 22.9 Å². The molecule has 0 saturated carbocycles. The van der Waals surface area contributed by atoms with Crippen molar-refractivity contribution < 1.29 is 0 Å². The van der Waals surface area contributed by atoms with E-state index in [0.717, 1.165) is 0 Å². The van der Waals surface area contributed by atoms with Crippen LogP contribution in [0.25, 0.3) is 0 Å². The molecule has 0 fully saturated rings. The van der Waals surface area contributed by atoms with Crippen molar-refractivity contribution in [1.29, 1.82) is 0 Å². The van der Waals surface area contributed by atoms with Crippen molar-refractivity contribution >= 4 is 22.9 Å². The van der Waals surface area contributed by atoms with E-state index < -0.39 is 0 Å². The third-order valence-corrected chi connectivity index (χ3v) is 3.04. The molecule has 1 aliphatic carbocycles. The van der Waals surface area contributed by atoms with E-state index in [4.69, 9.17) is 0 Å². The summed E-state index contributed by atoms with van der Waals surface area (Å²) in [7, 11) is 0. The first-order valence-corrected chi connectivity index (χ1v) is 4.93. The lowest BCUT2D eigenvalue weighted by molar-refractivity contribution is 0.588. The minimum Gasteiger partial charge on any atom is -0.310 e. The van der Waals surface area contributed by atoms with Crippen LogP contribution in [0, 0.1) is 0 Å². The molecule has 1 atom stereocenters. The highest BCUT2D eigenvalue weighted by atomic mass is 127. The predicted octanol–water partition coefficient (Wildman–Crippen LogP) is 2.98. The Morgan fingerprint density at radius 3 is 2.92 bits per heavy atom. The molecule has 0 N–H and O–H groups in total. The zero-order valence-corrected chi connectivity index (χ0v) is 9.02. The van der Waals surface area contributed by atoms with E-state index in [2.05, 4.69) is 69.5 Å². The van der Waals surface area contributed by atoms with Gasteiger partial charge in [-0.15, -0.1) is 0 Å². The normalized spacial score (nSPS) is 26.5. The zero-order valence-electron chi connectivity index (χ0n) is 6.87. The average molecular weight is 271 g/mol. The molecule has 0 aromatic carbocycles. The molecule has 2 aliphatic rings. The third kappa shape index (κ3) is 1.24. The Balaban J connectivity index is 2.40. The number of rotatable bonds is 0. The molecule has 0 saturated heterocycles. The number of fused-ring (bicyclic) bond motifs is 1. The molecule has 1 heterocycles. The van der Waals surface area contributed by atoms with E-state index >= 15 is 0 Å². The maximum atomic E-state index is 2.34. The first-order valence-electron chi connectivity index (χ1n) is 3.96. The van der Waals surface area contributed by atoms with E-state index in [1.54, 1.807) is 0 Å². The molecule has 12 heavy (non-hydrogen) atoms. The van der Waals surface area contributed by atoms with Gasteiger partial charge in [-0.3, -0.25) is 0 Å². The van der Waals surface area contributed by atoms with Gasteiger partial charge in [0, 0.05) is 6.20 Å². The number of hydrogen-bond acceptors (Lipinski definition) is 1. The van der Waals surface area contributed by atoms with E-state index in [0.29, 0.717) is 6.04 Å². The average Bonchev–Trinajstić information content (AvgIpc) is 2.04. The summed E-state index contributed by atoms with van der Waals surface area (Å²) >= 11 is 2.34. The third-order valence-electron chi connectivity index (χ3n) is 2.16. The summed E-state index contributed by atoms with van der Waals surface area (Å²) in [6.45, 7) is 2.17. The van der Waals surface area contributed by atoms with Gasteiger partial charge in [0.15, 0.2) is 0 Å². The number of halogens is 1. The quantitative estimate of drug-likeness (QED) is 0.483. The summed E-state index contributed by atoms with van der Waals surface area (Å²) < 4.78 is 2.21. The van der Waals surface area contributed by atoms with Gasteiger partial charge in [-0.05, 0) is 24.1 Å². The molecule has 0 aromatic rings. The molecule has 62 valence electrons. The molecule has 0 bridgehead atoms. The van der Waals surface area contributed by atoms with Crippen LogP contribution in [0.1, 0.15) is 6.92 Å². The Labute approximate surface area is 86.6 Å². The summed E-state index contributed by atoms with van der Waals surface area (Å²) in [5.74, 6) is 0. The minimum absolute atomic E-state index is 0.459. The van der Waals surface area contributed by atoms with Gasteiger partial charge in [0.05, 0.1) is 28.9 Å². The lowest BCUT2D eigenvalue weighted by atomic mass is 9.93. The predicted molar refractivity (Wildman–Crippen MR) is 59.8 cm³/mol. The fraction of sp³-hybridized carbons (Fsp3) is 0.200. The van der Waals surface area contributed by atoms with Crippen LogP contribution in [0.15, 0.2) is 47.7 Å². The second-order valence-electron chi connectivity index (χ2n) is 3.02. The summed E-state index contributed by atoms with van der Waals surface area (Å²) in [6.07, 6.45) is 12.8. The summed E-state index contributed by atoms with van der Waals surface area (Å²) in [4.78, 5) is 0. The summed E-state index contributed by atoms with van der Waals surface area (Å²) in [5.41, 5.74) is 2.79. The molecule has 2 rings (SSSR count). The highest BCUT2D eigenvalue weighted by Crippen LogP contribution is 2.29. The Morgan fingerprint density at radius 1 is 1.33 bits per heavy atom. The summed E-state index contributed by atoms with van der Waals surface area (Å²) in [5, 5.41) is 0. The van der Waals surface area contributed by atoms with Gasteiger partial charge in [-0.25, -0.2) is 0 Å². The maximum absolute atomic E-state index is 2.34. The molecule has 1 nitrogen and oxygen atoms in total. The van der Waals surface area contributed by atoms with Gasteiger partial charge in [0.2, 0.25) is 0 Å². The maximum Gasteiger partial charge on any atom is 0.0846 e. The van der Waals surface area contributed by atoms with Crippen molar-refractivity contribution in [2.24, 2.45) is 0 Å². The van der Waals surface area contributed by atoms with Crippen LogP contribution in [-0.4, -0.2) is 9.16 Å². The SMILES string of the molecule is CC1=CC=CC2=CC=CN(I)C12. The first kappa shape index (κ1) is 8.10. The molecule has 0 amide bonds. The molecule has 1 aliphatic heterocycles. The largest absolute Gasteiger partial charge is 0.310 e. The van der Waals surface area contributed by atoms with Gasteiger partial charge < -0.3 is 3.11 Å². The molecule has 2 heteroatoms. The van der Waals surface area contributed by atoms with Crippen LogP contribution in [0.5, 0.6) is 0 Å². The zero-order chi connectivity index (χ0) is 8.55. The first-order chi connectivity index (χ1) is 5.79. The fourth-order valence-electron chi connectivity index (χ4n) is 1.56. The van der Waals surface area contributed by atoms with E-state index in [9.17, 15) is 0 Å². The lowest BCUT2D eigenvalue weighted by Gasteiger charge is -2.30. The van der Waals surface area contributed by atoms with Crippen LogP contribution in [0.3, 0.4) is 0 Å². The Kier molecular flexibility index (Phi) is 2.09. The van der Waals surface area contributed by atoms with Gasteiger partial charge in [-0.1, -0.05) is 24.3 Å². The van der Waals surface area contributed by atoms with Crippen LogP contribution in [0.2, 0.25) is 0 Å². The Morgan fingerprint density at radius 2 is 2.17 bits per heavy atom. The monoisotopic (exact) mass is 271 g/mol. The highest BCUT2D eigenvalue weighted by Gasteiger charge is 2.21. The van der Waals surface area contributed by atoms with Gasteiger partial charge in [0.25, 0.3) is 0 Å². The van der Waals surface area contributed by atoms with E-state index in [1.807, 2.05) is 0 Å². The molecular formula is C10H10IN. The van der Waals surface area contributed by atoms with Crippen molar-refractivity contribution in [1.82, 2.24) is 3.11 Å². The number of allylic oxidation sites excluding steroid dienone is 4. The van der Waals surface area contributed by atoms with Crippen molar-refractivity contribution in [2.75, 3.05) is 0 Å². The molecule has 0 spiro atoms. The van der Waals surface area contributed by atoms with Crippen molar-refractivity contribution in [2.45, 2.75) is 13.0 Å². The second-order valence-corrected chi connectivity index (χ2v) is 4.14.